The summed E-state index contributed by atoms with van der Waals surface area (Å²) in [5.41, 5.74) is 8.49. The van der Waals surface area contributed by atoms with Gasteiger partial charge >= 0.3 is 0 Å². The second kappa shape index (κ2) is 6.91. The zero-order valence-corrected chi connectivity index (χ0v) is 12.2. The van der Waals surface area contributed by atoms with Crippen molar-refractivity contribution >= 4 is 24.0 Å². The number of halogens is 2. The Morgan fingerprint density at radius 1 is 1.37 bits per heavy atom. The maximum Gasteiger partial charge on any atom is 0.137 e. The molecular weight excluding hydrogens is 285 g/mol. The van der Waals surface area contributed by atoms with Crippen LogP contribution in [0.2, 0.25) is 5.15 Å². The Balaban J connectivity index is 0.00000180. The Morgan fingerprint density at radius 3 is 2.58 bits per heavy atom. The smallest absolute Gasteiger partial charge is 0.137 e. The Bertz CT molecular complexity index is 528. The molecule has 1 heterocycles. The van der Waals surface area contributed by atoms with Crippen LogP contribution in [0.4, 0.5) is 0 Å². The lowest BCUT2D eigenvalue weighted by Gasteiger charge is -2.09. The van der Waals surface area contributed by atoms with Gasteiger partial charge in [-0.3, -0.25) is 0 Å². The summed E-state index contributed by atoms with van der Waals surface area (Å²) in [4.78, 5) is 0. The molecule has 0 saturated heterocycles. The van der Waals surface area contributed by atoms with E-state index in [1.807, 2.05) is 37.3 Å². The molecule has 4 nitrogen and oxygen atoms in total. The summed E-state index contributed by atoms with van der Waals surface area (Å²) >= 11 is 6.33. The summed E-state index contributed by atoms with van der Waals surface area (Å²) in [6.45, 7) is 1.91. The molecule has 2 aromatic rings. The number of hydrogen-bond acceptors (Lipinski definition) is 3. The van der Waals surface area contributed by atoms with E-state index < -0.39 is 0 Å². The number of nitrogens with zero attached hydrogens (tertiary/aromatic N) is 2. The molecule has 2 rings (SSSR count). The van der Waals surface area contributed by atoms with Crippen LogP contribution in [0.5, 0.6) is 0 Å². The summed E-state index contributed by atoms with van der Waals surface area (Å²) in [6.07, 6.45) is 0.473. The molecule has 0 bridgehead atoms. The lowest BCUT2D eigenvalue weighted by molar-refractivity contribution is 0.276. The highest BCUT2D eigenvalue weighted by atomic mass is 35.5. The van der Waals surface area contributed by atoms with Gasteiger partial charge in [0.15, 0.2) is 0 Å². The fourth-order valence-electron chi connectivity index (χ4n) is 1.96. The van der Waals surface area contributed by atoms with E-state index in [1.165, 1.54) is 0 Å². The van der Waals surface area contributed by atoms with Crippen molar-refractivity contribution in [3.63, 3.8) is 0 Å². The van der Waals surface area contributed by atoms with Crippen LogP contribution in [-0.4, -0.2) is 21.5 Å². The maximum absolute atomic E-state index is 8.95. The van der Waals surface area contributed by atoms with Gasteiger partial charge in [0.25, 0.3) is 0 Å². The second-order valence-electron chi connectivity index (χ2n) is 4.16. The van der Waals surface area contributed by atoms with E-state index in [0.29, 0.717) is 11.6 Å². The molecule has 3 N–H and O–H groups in total. The third kappa shape index (κ3) is 3.28. The number of rotatable bonds is 4. The molecule has 0 aliphatic rings. The van der Waals surface area contributed by atoms with Crippen LogP contribution >= 0.6 is 24.0 Å². The normalized spacial score (nSPS) is 12.0. The van der Waals surface area contributed by atoms with E-state index in [4.69, 9.17) is 22.4 Å². The van der Waals surface area contributed by atoms with Gasteiger partial charge in [-0.2, -0.15) is 5.10 Å². The van der Waals surface area contributed by atoms with Gasteiger partial charge in [0, 0.05) is 18.2 Å². The molecule has 0 amide bonds. The van der Waals surface area contributed by atoms with Crippen molar-refractivity contribution in [3.05, 3.63) is 46.7 Å². The Kier molecular flexibility index (Phi) is 5.82. The average Bonchev–Trinajstić information content (AvgIpc) is 2.66. The molecule has 0 fully saturated rings. The zero-order valence-electron chi connectivity index (χ0n) is 10.6. The summed E-state index contributed by atoms with van der Waals surface area (Å²) in [5.74, 6) is 0. The first-order chi connectivity index (χ1) is 8.65. The fraction of sp³-hybridized carbons (Fsp3) is 0.308. The van der Waals surface area contributed by atoms with Crippen LogP contribution in [0.3, 0.4) is 0 Å². The molecule has 19 heavy (non-hydrogen) atoms. The Hall–Kier alpha value is -1.07. The minimum Gasteiger partial charge on any atom is -0.396 e. The number of aliphatic hydroxyl groups excluding tert-OH is 1. The van der Waals surface area contributed by atoms with Crippen molar-refractivity contribution in [1.82, 2.24) is 9.78 Å². The summed E-state index contributed by atoms with van der Waals surface area (Å²) in [7, 11) is 0. The first-order valence-corrected chi connectivity index (χ1v) is 6.19. The number of para-hydroxylation sites is 1. The van der Waals surface area contributed by atoms with Gasteiger partial charge < -0.3 is 10.8 Å². The summed E-state index contributed by atoms with van der Waals surface area (Å²) < 4.78 is 1.67. The van der Waals surface area contributed by atoms with E-state index in [-0.39, 0.29) is 25.1 Å². The van der Waals surface area contributed by atoms with E-state index in [0.717, 1.165) is 16.9 Å². The molecule has 0 saturated carbocycles. The second-order valence-corrected chi connectivity index (χ2v) is 4.51. The van der Waals surface area contributed by atoms with Gasteiger partial charge in [0.2, 0.25) is 0 Å². The van der Waals surface area contributed by atoms with Crippen LogP contribution in [0.25, 0.3) is 5.69 Å². The van der Waals surface area contributed by atoms with Crippen molar-refractivity contribution < 1.29 is 5.11 Å². The van der Waals surface area contributed by atoms with Gasteiger partial charge in [-0.05, 0) is 25.5 Å². The first kappa shape index (κ1) is 16.0. The molecule has 1 aromatic heterocycles. The Morgan fingerprint density at radius 2 is 2.00 bits per heavy atom. The highest BCUT2D eigenvalue weighted by molar-refractivity contribution is 6.30. The minimum absolute atomic E-state index is 0. The fourth-order valence-corrected chi connectivity index (χ4v) is 2.37. The van der Waals surface area contributed by atoms with Crippen molar-refractivity contribution in [1.29, 1.82) is 0 Å². The van der Waals surface area contributed by atoms with Gasteiger partial charge in [-0.25, -0.2) is 4.68 Å². The van der Waals surface area contributed by atoms with Crippen molar-refractivity contribution in [2.45, 2.75) is 19.4 Å². The zero-order chi connectivity index (χ0) is 13.1. The molecule has 0 aliphatic carbocycles. The molecule has 1 aromatic carbocycles. The molecular formula is C13H17Cl2N3O. The number of hydrogen-bond donors (Lipinski definition) is 2. The highest BCUT2D eigenvalue weighted by Crippen LogP contribution is 2.28. The summed E-state index contributed by atoms with van der Waals surface area (Å²) in [6, 6.07) is 9.36. The number of nitrogens with two attached hydrogens (primary N) is 1. The summed E-state index contributed by atoms with van der Waals surface area (Å²) in [5, 5.41) is 13.9. The van der Waals surface area contributed by atoms with E-state index in [2.05, 4.69) is 5.10 Å². The van der Waals surface area contributed by atoms with Crippen LogP contribution in [-0.2, 0) is 0 Å². The number of benzene rings is 1. The Labute approximate surface area is 123 Å². The lowest BCUT2D eigenvalue weighted by Crippen LogP contribution is -2.13. The third-order valence-electron chi connectivity index (χ3n) is 2.86. The topological polar surface area (TPSA) is 64.1 Å². The van der Waals surface area contributed by atoms with Crippen LogP contribution < -0.4 is 5.73 Å². The lowest BCUT2D eigenvalue weighted by atomic mass is 10.1. The molecule has 1 unspecified atom stereocenters. The number of aryl methyl sites for hydroxylation is 1. The number of aliphatic hydroxyl groups is 1. The largest absolute Gasteiger partial charge is 0.396 e. The van der Waals surface area contributed by atoms with Crippen LogP contribution in [0, 0.1) is 6.92 Å². The van der Waals surface area contributed by atoms with E-state index in [1.54, 1.807) is 4.68 Å². The first-order valence-electron chi connectivity index (χ1n) is 5.82. The molecule has 104 valence electrons. The van der Waals surface area contributed by atoms with Gasteiger partial charge in [0.05, 0.1) is 11.4 Å². The van der Waals surface area contributed by atoms with E-state index >= 15 is 0 Å². The van der Waals surface area contributed by atoms with Crippen molar-refractivity contribution in [2.75, 3.05) is 6.61 Å². The minimum atomic E-state index is -0.292. The van der Waals surface area contributed by atoms with Gasteiger partial charge in [0.1, 0.15) is 5.15 Å². The van der Waals surface area contributed by atoms with Gasteiger partial charge in [-0.1, -0.05) is 29.8 Å². The van der Waals surface area contributed by atoms with Crippen LogP contribution in [0.1, 0.15) is 23.7 Å². The maximum atomic E-state index is 8.95. The van der Waals surface area contributed by atoms with Crippen molar-refractivity contribution in [2.24, 2.45) is 5.73 Å². The van der Waals surface area contributed by atoms with Crippen LogP contribution in [0.15, 0.2) is 30.3 Å². The third-order valence-corrected chi connectivity index (χ3v) is 3.22. The molecule has 0 spiro atoms. The van der Waals surface area contributed by atoms with E-state index in [9.17, 15) is 0 Å². The predicted molar refractivity (Wildman–Crippen MR) is 79.2 cm³/mol. The molecule has 0 radical (unpaired) electrons. The van der Waals surface area contributed by atoms with Gasteiger partial charge in [-0.15, -0.1) is 12.4 Å². The number of aromatic nitrogens is 2. The molecule has 1 atom stereocenters. The predicted octanol–water partition coefficient (Wildman–Crippen LogP) is 2.64. The van der Waals surface area contributed by atoms with Crippen molar-refractivity contribution in [3.8, 4) is 5.69 Å². The molecule has 6 heteroatoms. The quantitative estimate of drug-likeness (QED) is 0.912. The molecule has 0 aliphatic heterocycles. The highest BCUT2D eigenvalue weighted by Gasteiger charge is 2.19. The standard InChI is InChI=1S/C13H16ClN3O.ClH/c1-9-12(11(15)7-8-18)13(14)17(16-9)10-5-3-2-4-6-10;/h2-6,11,18H,7-8,15H2,1H3;1H. The monoisotopic (exact) mass is 301 g/mol. The average molecular weight is 302 g/mol. The SMILES string of the molecule is Cc1nn(-c2ccccc2)c(Cl)c1C(N)CCO.Cl.